The fraction of sp³-hybridized carbons (Fsp3) is 0.429. The lowest BCUT2D eigenvalue weighted by molar-refractivity contribution is 0.174. The summed E-state index contributed by atoms with van der Waals surface area (Å²) in [6, 6.07) is 5.15. The van der Waals surface area contributed by atoms with Crippen LogP contribution in [0.15, 0.2) is 18.2 Å². The SMILES string of the molecule is O[C@@H](CNCc1nnc2n1CCC2)c1ccc(Cl)c(Cl)c1. The molecule has 1 atom stereocenters. The molecule has 0 fully saturated rings. The Bertz CT molecular complexity index is 644. The maximum absolute atomic E-state index is 10.2. The molecule has 5 nitrogen and oxygen atoms in total. The highest BCUT2D eigenvalue weighted by atomic mass is 35.5. The van der Waals surface area contributed by atoms with Crippen LogP contribution >= 0.6 is 23.2 Å². The topological polar surface area (TPSA) is 63.0 Å². The average Bonchev–Trinajstić information content (AvgIpc) is 3.06. The molecule has 7 heteroatoms. The number of halogens is 2. The minimum atomic E-state index is -0.638. The third-order valence-electron chi connectivity index (χ3n) is 3.64. The summed E-state index contributed by atoms with van der Waals surface area (Å²) in [6.45, 7) is 1.99. The van der Waals surface area contributed by atoms with Gasteiger partial charge in [0.25, 0.3) is 0 Å². The largest absolute Gasteiger partial charge is 0.387 e. The van der Waals surface area contributed by atoms with Gasteiger partial charge in [-0.3, -0.25) is 0 Å². The van der Waals surface area contributed by atoms with E-state index >= 15 is 0 Å². The molecule has 0 amide bonds. The van der Waals surface area contributed by atoms with E-state index in [4.69, 9.17) is 23.2 Å². The summed E-state index contributed by atoms with van der Waals surface area (Å²) in [5, 5.41) is 22.6. The van der Waals surface area contributed by atoms with Crippen LogP contribution in [0.4, 0.5) is 0 Å². The Hall–Kier alpha value is -1.14. The molecule has 0 saturated carbocycles. The van der Waals surface area contributed by atoms with Crippen molar-refractivity contribution in [3.05, 3.63) is 45.5 Å². The number of nitrogens with one attached hydrogen (secondary N) is 1. The maximum Gasteiger partial charge on any atom is 0.147 e. The molecule has 0 radical (unpaired) electrons. The van der Waals surface area contributed by atoms with Crippen molar-refractivity contribution >= 4 is 23.2 Å². The standard InChI is InChI=1S/C14H16Cl2N4O/c15-10-4-3-9(6-11(10)16)12(21)7-17-8-14-19-18-13-2-1-5-20(13)14/h3-4,6,12,17,21H,1-2,5,7-8H2/t12-/m0/s1. The minimum Gasteiger partial charge on any atom is -0.387 e. The van der Waals surface area contributed by atoms with Gasteiger partial charge in [0.05, 0.1) is 22.7 Å². The van der Waals surface area contributed by atoms with Crippen LogP contribution in [0.25, 0.3) is 0 Å². The van der Waals surface area contributed by atoms with Crippen LogP contribution in [0.3, 0.4) is 0 Å². The second-order valence-corrected chi connectivity index (χ2v) is 5.92. The van der Waals surface area contributed by atoms with Gasteiger partial charge in [0.2, 0.25) is 0 Å². The van der Waals surface area contributed by atoms with Crippen LogP contribution in [-0.4, -0.2) is 26.4 Å². The average molecular weight is 327 g/mol. The van der Waals surface area contributed by atoms with E-state index in [0.717, 1.165) is 36.6 Å². The van der Waals surface area contributed by atoms with E-state index in [0.29, 0.717) is 23.1 Å². The van der Waals surface area contributed by atoms with Crippen molar-refractivity contribution < 1.29 is 5.11 Å². The van der Waals surface area contributed by atoms with E-state index in [1.165, 1.54) is 0 Å². The Kier molecular flexibility index (Phi) is 4.45. The number of aliphatic hydroxyl groups excluding tert-OH is 1. The number of benzene rings is 1. The monoisotopic (exact) mass is 326 g/mol. The third kappa shape index (κ3) is 3.21. The lowest BCUT2D eigenvalue weighted by Gasteiger charge is -2.13. The molecule has 0 aliphatic carbocycles. The highest BCUT2D eigenvalue weighted by Crippen LogP contribution is 2.25. The molecule has 21 heavy (non-hydrogen) atoms. The van der Waals surface area contributed by atoms with E-state index in [9.17, 15) is 5.11 Å². The van der Waals surface area contributed by atoms with Gasteiger partial charge in [-0.25, -0.2) is 0 Å². The van der Waals surface area contributed by atoms with E-state index in [1.54, 1.807) is 18.2 Å². The smallest absolute Gasteiger partial charge is 0.147 e. The molecule has 0 unspecified atom stereocenters. The maximum atomic E-state index is 10.2. The fourth-order valence-electron chi connectivity index (χ4n) is 2.50. The Morgan fingerprint density at radius 2 is 2.14 bits per heavy atom. The number of nitrogens with zero attached hydrogens (tertiary/aromatic N) is 3. The van der Waals surface area contributed by atoms with Gasteiger partial charge in [-0.1, -0.05) is 29.3 Å². The van der Waals surface area contributed by atoms with Crippen molar-refractivity contribution in [1.29, 1.82) is 0 Å². The number of rotatable bonds is 5. The number of hydrogen-bond acceptors (Lipinski definition) is 4. The highest BCUT2D eigenvalue weighted by Gasteiger charge is 2.17. The number of aromatic nitrogens is 3. The molecule has 0 spiro atoms. The van der Waals surface area contributed by atoms with Crippen LogP contribution in [0.5, 0.6) is 0 Å². The van der Waals surface area contributed by atoms with Crippen molar-refractivity contribution in [2.45, 2.75) is 32.0 Å². The first-order valence-corrected chi connectivity index (χ1v) is 7.65. The summed E-state index contributed by atoms with van der Waals surface area (Å²) >= 11 is 11.8. The Labute approximate surface area is 132 Å². The van der Waals surface area contributed by atoms with Gasteiger partial charge in [0.15, 0.2) is 0 Å². The summed E-state index contributed by atoms with van der Waals surface area (Å²) in [6.07, 6.45) is 1.49. The molecule has 0 bridgehead atoms. The number of aryl methyl sites for hydroxylation is 1. The van der Waals surface area contributed by atoms with Crippen molar-refractivity contribution in [3.63, 3.8) is 0 Å². The van der Waals surface area contributed by atoms with Gasteiger partial charge in [-0.05, 0) is 24.1 Å². The normalized spacial score (nSPS) is 15.2. The first-order valence-electron chi connectivity index (χ1n) is 6.90. The predicted molar refractivity (Wildman–Crippen MR) is 81.5 cm³/mol. The molecule has 112 valence electrons. The van der Waals surface area contributed by atoms with Crippen LogP contribution in [0, 0.1) is 0 Å². The molecule has 1 aliphatic rings. The zero-order chi connectivity index (χ0) is 14.8. The Morgan fingerprint density at radius 1 is 1.29 bits per heavy atom. The van der Waals surface area contributed by atoms with Gasteiger partial charge in [-0.2, -0.15) is 0 Å². The zero-order valence-electron chi connectivity index (χ0n) is 11.4. The zero-order valence-corrected chi connectivity index (χ0v) is 12.9. The van der Waals surface area contributed by atoms with Gasteiger partial charge in [-0.15, -0.1) is 10.2 Å². The van der Waals surface area contributed by atoms with E-state index in [1.807, 2.05) is 0 Å². The highest BCUT2D eigenvalue weighted by molar-refractivity contribution is 6.42. The van der Waals surface area contributed by atoms with E-state index in [-0.39, 0.29) is 0 Å². The van der Waals surface area contributed by atoms with Crippen LogP contribution < -0.4 is 5.32 Å². The van der Waals surface area contributed by atoms with Crippen molar-refractivity contribution in [2.75, 3.05) is 6.54 Å². The first-order chi connectivity index (χ1) is 10.1. The molecule has 1 aromatic carbocycles. The summed E-state index contributed by atoms with van der Waals surface area (Å²) in [7, 11) is 0. The van der Waals surface area contributed by atoms with Gasteiger partial charge < -0.3 is 15.0 Å². The van der Waals surface area contributed by atoms with Crippen LogP contribution in [-0.2, 0) is 19.5 Å². The Balaban J connectivity index is 1.56. The molecule has 1 aliphatic heterocycles. The van der Waals surface area contributed by atoms with Gasteiger partial charge in [0.1, 0.15) is 11.6 Å². The number of fused-ring (bicyclic) bond motifs is 1. The lowest BCUT2D eigenvalue weighted by atomic mass is 10.1. The van der Waals surface area contributed by atoms with E-state index < -0.39 is 6.10 Å². The molecule has 3 rings (SSSR count). The molecule has 2 heterocycles. The van der Waals surface area contributed by atoms with E-state index in [2.05, 4.69) is 20.1 Å². The fourth-order valence-corrected chi connectivity index (χ4v) is 2.81. The molecular formula is C14H16Cl2N4O. The molecule has 1 aromatic heterocycles. The summed E-state index contributed by atoms with van der Waals surface area (Å²) in [5.41, 5.74) is 0.739. The number of hydrogen-bond donors (Lipinski definition) is 2. The van der Waals surface area contributed by atoms with Crippen molar-refractivity contribution in [2.24, 2.45) is 0 Å². The first kappa shape index (κ1) is 14.8. The quantitative estimate of drug-likeness (QED) is 0.885. The predicted octanol–water partition coefficient (Wildman–Crippen LogP) is 2.35. The Morgan fingerprint density at radius 3 is 2.95 bits per heavy atom. The third-order valence-corrected chi connectivity index (χ3v) is 4.37. The van der Waals surface area contributed by atoms with Crippen molar-refractivity contribution in [3.8, 4) is 0 Å². The second-order valence-electron chi connectivity index (χ2n) is 5.11. The minimum absolute atomic E-state index is 0.417. The van der Waals surface area contributed by atoms with Crippen LogP contribution in [0.2, 0.25) is 10.0 Å². The summed E-state index contributed by atoms with van der Waals surface area (Å²) < 4.78 is 2.14. The second kappa shape index (κ2) is 6.32. The van der Waals surface area contributed by atoms with Gasteiger partial charge in [0, 0.05) is 19.5 Å². The van der Waals surface area contributed by atoms with Crippen molar-refractivity contribution in [1.82, 2.24) is 20.1 Å². The summed E-state index contributed by atoms with van der Waals surface area (Å²) in [5.74, 6) is 1.97. The number of aliphatic hydroxyl groups is 1. The molecule has 0 saturated heterocycles. The van der Waals surface area contributed by atoms with Gasteiger partial charge >= 0.3 is 0 Å². The molecule has 2 N–H and O–H groups in total. The lowest BCUT2D eigenvalue weighted by Crippen LogP contribution is -2.23. The molecular weight excluding hydrogens is 311 g/mol. The summed E-state index contributed by atoms with van der Waals surface area (Å²) in [4.78, 5) is 0. The molecule has 2 aromatic rings. The van der Waals surface area contributed by atoms with Crippen LogP contribution in [0.1, 0.15) is 29.7 Å².